The van der Waals surface area contributed by atoms with Gasteiger partial charge in [0.1, 0.15) is 0 Å². The topological polar surface area (TPSA) is 32.3 Å². The maximum absolute atomic E-state index is 8.77. The van der Waals surface area contributed by atoms with Crippen LogP contribution in [0.1, 0.15) is 5.56 Å². The predicted molar refractivity (Wildman–Crippen MR) is 64.7 cm³/mol. The lowest BCUT2D eigenvalue weighted by atomic mass is 10.2. The summed E-state index contributed by atoms with van der Waals surface area (Å²) < 4.78 is 1.08. The third kappa shape index (κ3) is 3.61. The Morgan fingerprint density at radius 2 is 2.29 bits per heavy atom. The van der Waals surface area contributed by atoms with Gasteiger partial charge in [0.25, 0.3) is 0 Å². The number of halogens is 1. The summed E-state index contributed by atoms with van der Waals surface area (Å²) in [6.07, 6.45) is 0. The summed E-state index contributed by atoms with van der Waals surface area (Å²) in [6.45, 7) is 1.08. The minimum atomic E-state index is 0.218. The van der Waals surface area contributed by atoms with Crippen molar-refractivity contribution in [3.05, 3.63) is 28.2 Å². The van der Waals surface area contributed by atoms with Crippen molar-refractivity contribution in [1.82, 2.24) is 5.32 Å². The number of aliphatic hydroxyl groups is 1. The fraction of sp³-hybridized carbons (Fsp3) is 0.400. The summed E-state index contributed by atoms with van der Waals surface area (Å²) in [7, 11) is 1.93. The molecule has 0 spiro atoms. The van der Waals surface area contributed by atoms with Gasteiger partial charge in [0.2, 0.25) is 0 Å². The van der Waals surface area contributed by atoms with Gasteiger partial charge in [-0.05, 0) is 24.7 Å². The second-order valence-electron chi connectivity index (χ2n) is 2.85. The first-order chi connectivity index (χ1) is 6.77. The van der Waals surface area contributed by atoms with Crippen LogP contribution in [0.25, 0.3) is 0 Å². The minimum Gasteiger partial charge on any atom is -0.396 e. The Morgan fingerprint density at radius 3 is 2.93 bits per heavy atom. The molecule has 1 rings (SSSR count). The van der Waals surface area contributed by atoms with Gasteiger partial charge in [-0.15, -0.1) is 11.8 Å². The highest BCUT2D eigenvalue weighted by Gasteiger charge is 2.02. The number of hydrogen-bond acceptors (Lipinski definition) is 3. The molecular formula is C10H14BrNOS. The standard InChI is InChI=1S/C10H14BrNOS/c1-12-7-8-2-3-9(11)6-10(8)14-5-4-13/h2-3,6,12-13H,4-5,7H2,1H3. The molecule has 14 heavy (non-hydrogen) atoms. The average molecular weight is 276 g/mol. The Balaban J connectivity index is 2.79. The SMILES string of the molecule is CNCc1ccc(Br)cc1SCCO. The Labute approximate surface area is 97.2 Å². The van der Waals surface area contributed by atoms with E-state index in [2.05, 4.69) is 33.4 Å². The molecule has 0 radical (unpaired) electrons. The van der Waals surface area contributed by atoms with Crippen LogP contribution in [0.5, 0.6) is 0 Å². The van der Waals surface area contributed by atoms with Crippen molar-refractivity contribution in [2.75, 3.05) is 19.4 Å². The first kappa shape index (κ1) is 12.0. The highest BCUT2D eigenvalue weighted by atomic mass is 79.9. The predicted octanol–water partition coefficient (Wildman–Crippen LogP) is 2.25. The first-order valence-electron chi connectivity index (χ1n) is 4.44. The Kier molecular flexibility index (Phi) is 5.55. The summed E-state index contributed by atoms with van der Waals surface area (Å²) >= 11 is 5.12. The van der Waals surface area contributed by atoms with Gasteiger partial charge in [-0.1, -0.05) is 22.0 Å². The largest absolute Gasteiger partial charge is 0.396 e. The van der Waals surface area contributed by atoms with Crippen molar-refractivity contribution < 1.29 is 5.11 Å². The lowest BCUT2D eigenvalue weighted by Gasteiger charge is -2.08. The molecule has 0 atom stereocenters. The van der Waals surface area contributed by atoms with E-state index in [4.69, 9.17) is 5.11 Å². The zero-order valence-electron chi connectivity index (χ0n) is 8.09. The fourth-order valence-corrected chi connectivity index (χ4v) is 2.51. The quantitative estimate of drug-likeness (QED) is 0.809. The first-order valence-corrected chi connectivity index (χ1v) is 6.22. The van der Waals surface area contributed by atoms with Crippen LogP contribution in [-0.2, 0) is 6.54 Å². The number of rotatable bonds is 5. The second kappa shape index (κ2) is 6.45. The molecule has 78 valence electrons. The van der Waals surface area contributed by atoms with Crippen molar-refractivity contribution >= 4 is 27.7 Å². The maximum Gasteiger partial charge on any atom is 0.0525 e. The van der Waals surface area contributed by atoms with Crippen LogP contribution in [-0.4, -0.2) is 24.5 Å². The van der Waals surface area contributed by atoms with E-state index in [-0.39, 0.29) is 6.61 Å². The van der Waals surface area contributed by atoms with Crippen LogP contribution >= 0.6 is 27.7 Å². The summed E-state index contributed by atoms with van der Waals surface area (Å²) in [5.41, 5.74) is 1.27. The van der Waals surface area contributed by atoms with Crippen LogP contribution in [0.4, 0.5) is 0 Å². The average Bonchev–Trinajstić information content (AvgIpc) is 2.18. The van der Waals surface area contributed by atoms with Crippen LogP contribution in [0.2, 0.25) is 0 Å². The van der Waals surface area contributed by atoms with E-state index in [0.717, 1.165) is 16.8 Å². The summed E-state index contributed by atoms with van der Waals surface area (Å²) in [5, 5.41) is 11.9. The smallest absolute Gasteiger partial charge is 0.0525 e. The zero-order valence-corrected chi connectivity index (χ0v) is 10.5. The minimum absolute atomic E-state index is 0.218. The van der Waals surface area contributed by atoms with Crippen LogP contribution in [0.3, 0.4) is 0 Å². The zero-order chi connectivity index (χ0) is 10.4. The third-order valence-corrected chi connectivity index (χ3v) is 3.32. The Morgan fingerprint density at radius 1 is 1.50 bits per heavy atom. The molecule has 0 unspecified atom stereocenters. The van der Waals surface area contributed by atoms with E-state index in [1.807, 2.05) is 13.1 Å². The molecule has 0 saturated carbocycles. The van der Waals surface area contributed by atoms with Crippen molar-refractivity contribution in [3.8, 4) is 0 Å². The highest BCUT2D eigenvalue weighted by molar-refractivity contribution is 9.10. The molecule has 1 aromatic carbocycles. The normalized spacial score (nSPS) is 10.5. The van der Waals surface area contributed by atoms with Gasteiger partial charge in [0.05, 0.1) is 6.61 Å². The number of aliphatic hydroxyl groups excluding tert-OH is 1. The third-order valence-electron chi connectivity index (χ3n) is 1.75. The molecule has 0 fully saturated rings. The van der Waals surface area contributed by atoms with Gasteiger partial charge < -0.3 is 10.4 Å². The van der Waals surface area contributed by atoms with Crippen LogP contribution in [0, 0.1) is 0 Å². The molecule has 0 amide bonds. The Hall–Kier alpha value is -0.0300. The van der Waals surface area contributed by atoms with E-state index in [1.54, 1.807) is 11.8 Å². The van der Waals surface area contributed by atoms with Gasteiger partial charge in [-0.25, -0.2) is 0 Å². The molecular weight excluding hydrogens is 262 g/mol. The molecule has 0 bridgehead atoms. The van der Waals surface area contributed by atoms with Gasteiger partial charge >= 0.3 is 0 Å². The molecule has 2 N–H and O–H groups in total. The van der Waals surface area contributed by atoms with Crippen molar-refractivity contribution in [2.24, 2.45) is 0 Å². The number of thioether (sulfide) groups is 1. The monoisotopic (exact) mass is 275 g/mol. The summed E-state index contributed by atoms with van der Waals surface area (Å²) in [6, 6.07) is 6.23. The molecule has 1 aromatic rings. The Bertz CT molecular complexity index is 293. The fourth-order valence-electron chi connectivity index (χ4n) is 1.15. The molecule has 0 aliphatic heterocycles. The van der Waals surface area contributed by atoms with Crippen molar-refractivity contribution in [3.63, 3.8) is 0 Å². The van der Waals surface area contributed by atoms with Gasteiger partial charge in [-0.2, -0.15) is 0 Å². The summed E-state index contributed by atoms with van der Waals surface area (Å²) in [4.78, 5) is 1.22. The van der Waals surface area contributed by atoms with Gasteiger partial charge in [0.15, 0.2) is 0 Å². The molecule has 0 aliphatic carbocycles. The maximum atomic E-state index is 8.77. The van der Waals surface area contributed by atoms with E-state index >= 15 is 0 Å². The number of nitrogens with one attached hydrogen (secondary N) is 1. The molecule has 0 heterocycles. The molecule has 4 heteroatoms. The van der Waals surface area contributed by atoms with Gasteiger partial charge in [-0.3, -0.25) is 0 Å². The van der Waals surface area contributed by atoms with E-state index in [1.165, 1.54) is 10.5 Å². The molecule has 2 nitrogen and oxygen atoms in total. The van der Waals surface area contributed by atoms with Crippen molar-refractivity contribution in [2.45, 2.75) is 11.4 Å². The molecule has 0 aromatic heterocycles. The van der Waals surface area contributed by atoms with Crippen molar-refractivity contribution in [1.29, 1.82) is 0 Å². The number of benzene rings is 1. The van der Waals surface area contributed by atoms with E-state index in [9.17, 15) is 0 Å². The van der Waals surface area contributed by atoms with Crippen LogP contribution < -0.4 is 5.32 Å². The van der Waals surface area contributed by atoms with E-state index in [0.29, 0.717) is 0 Å². The van der Waals surface area contributed by atoms with E-state index < -0.39 is 0 Å². The van der Waals surface area contributed by atoms with Crippen LogP contribution in [0.15, 0.2) is 27.6 Å². The molecule has 0 saturated heterocycles. The lowest BCUT2D eigenvalue weighted by molar-refractivity contribution is 0.322. The molecule has 0 aliphatic rings. The second-order valence-corrected chi connectivity index (χ2v) is 4.91. The highest BCUT2D eigenvalue weighted by Crippen LogP contribution is 2.26. The van der Waals surface area contributed by atoms with Gasteiger partial charge in [0, 0.05) is 21.7 Å². The summed E-state index contributed by atoms with van der Waals surface area (Å²) in [5.74, 6) is 0.743. The number of hydrogen-bond donors (Lipinski definition) is 2. The lowest BCUT2D eigenvalue weighted by Crippen LogP contribution is -2.06.